The van der Waals surface area contributed by atoms with Crippen molar-refractivity contribution < 1.29 is 0 Å². The molecular formula is C91H49N9. The highest BCUT2D eigenvalue weighted by Crippen LogP contribution is 2.51. The lowest BCUT2D eigenvalue weighted by molar-refractivity contribution is 1.01. The molecule has 0 fully saturated rings. The molecule has 0 aliphatic heterocycles. The highest BCUT2D eigenvalue weighted by Gasteiger charge is 2.29. The lowest BCUT2D eigenvalue weighted by Crippen LogP contribution is -2.03. The van der Waals surface area contributed by atoms with Crippen LogP contribution in [-0.4, -0.2) is 37.9 Å². The van der Waals surface area contributed by atoms with E-state index < -0.39 is 0 Å². The van der Waals surface area contributed by atoms with Gasteiger partial charge in [0.2, 0.25) is 11.9 Å². The van der Waals surface area contributed by atoms with Gasteiger partial charge in [-0.25, -0.2) is 19.9 Å². The van der Waals surface area contributed by atoms with Gasteiger partial charge in [0.25, 0.3) is 0 Å². The third kappa shape index (κ3) is 7.11. The smallest absolute Gasteiger partial charge is 0.235 e. The van der Waals surface area contributed by atoms with Crippen molar-refractivity contribution in [3.8, 4) is 62.7 Å². The molecule has 15 aromatic carbocycles. The van der Waals surface area contributed by atoms with Gasteiger partial charge in [0, 0.05) is 86.5 Å². The van der Waals surface area contributed by atoms with E-state index in [2.05, 4.69) is 285 Å². The highest BCUT2D eigenvalue weighted by molar-refractivity contribution is 6.41. The summed E-state index contributed by atoms with van der Waals surface area (Å²) >= 11 is 0. The topological polar surface area (TPSA) is 94.0 Å². The van der Waals surface area contributed by atoms with Crippen molar-refractivity contribution in [2.24, 2.45) is 0 Å². The maximum absolute atomic E-state index is 9.76. The van der Waals surface area contributed by atoms with E-state index in [1.54, 1.807) is 0 Å². The minimum absolute atomic E-state index is 0.580. The molecule has 9 nitrogen and oxygen atoms in total. The molecule has 0 amide bonds. The molecule has 0 bridgehead atoms. The summed E-state index contributed by atoms with van der Waals surface area (Å²) in [5, 5.41) is 30.7. The number of nitrogens with zero attached hydrogens (tertiary/aromatic N) is 9. The normalized spacial score (nSPS) is 12.4. The van der Waals surface area contributed by atoms with E-state index in [0.717, 1.165) is 121 Å². The molecule has 0 unspecified atom stereocenters. The summed E-state index contributed by atoms with van der Waals surface area (Å²) in [4.78, 5) is 22.4. The Morgan fingerprint density at radius 1 is 0.240 bits per heavy atom. The molecule has 0 spiro atoms. The summed E-state index contributed by atoms with van der Waals surface area (Å²) in [6, 6.07) is 109. The minimum Gasteiger partial charge on any atom is -0.308 e. The van der Waals surface area contributed by atoms with Gasteiger partial charge in [0.15, 0.2) is 0 Å². The number of aromatic nitrogens is 8. The second-order valence-electron chi connectivity index (χ2n) is 26.7. The van der Waals surface area contributed by atoms with E-state index in [9.17, 15) is 5.26 Å². The highest BCUT2D eigenvalue weighted by atomic mass is 15.2. The average molecular weight is 1270 g/mol. The lowest BCUT2D eigenvalue weighted by atomic mass is 9.95. The Labute approximate surface area is 568 Å². The fourth-order valence-electron chi connectivity index (χ4n) is 17.4. The van der Waals surface area contributed by atoms with Gasteiger partial charge in [-0.2, -0.15) is 5.26 Å². The standard InChI is InChI=1S/C91H49N9/c92-50-51-30-32-55(33-31-51)86-64-22-6-11-25-70(64)93-90(95-86)99-74-28-14-10-24-66(74)83-79(99)49-68-63-21-8-13-27-73(63)98-77-45-41-59-46-57(38-42-61(59)81(77)85(83)89(68)98)58-39-43-71-69(47-58)87(56-36-34-53(35-37-56)52-16-2-1-3-17-52)96-91(94-71)100-75-29-15-9-23-65(75)82-78(100)48-67-62-20-7-12-26-72(62)97-76-44-40-54-18-4-5-19-60(54)80(76)84(82)88(67)97/h1-49H. The zero-order valence-corrected chi connectivity index (χ0v) is 53.3. The van der Waals surface area contributed by atoms with Crippen molar-refractivity contribution in [1.29, 1.82) is 5.26 Å². The summed E-state index contributed by atoms with van der Waals surface area (Å²) in [5.41, 5.74) is 21.6. The zero-order valence-electron chi connectivity index (χ0n) is 53.3. The summed E-state index contributed by atoms with van der Waals surface area (Å²) in [7, 11) is 0. The van der Waals surface area contributed by atoms with E-state index >= 15 is 0 Å². The molecule has 0 N–H and O–H groups in total. The predicted octanol–water partition coefficient (Wildman–Crippen LogP) is 22.9. The van der Waals surface area contributed by atoms with Crippen LogP contribution in [0.25, 0.3) is 220 Å². The Balaban J connectivity index is 0.746. The molecule has 0 saturated carbocycles. The second-order valence-corrected chi connectivity index (χ2v) is 26.7. The van der Waals surface area contributed by atoms with Crippen molar-refractivity contribution in [3.63, 3.8) is 0 Å². The second kappa shape index (κ2) is 19.7. The number of para-hydroxylation sites is 5. The summed E-state index contributed by atoms with van der Waals surface area (Å²) in [5.74, 6) is 1.19. The third-order valence-corrected chi connectivity index (χ3v) is 21.6. The Bertz CT molecular complexity index is 7580. The predicted molar refractivity (Wildman–Crippen MR) is 412 cm³/mol. The van der Waals surface area contributed by atoms with E-state index in [4.69, 9.17) is 19.9 Å². The van der Waals surface area contributed by atoms with Crippen molar-refractivity contribution in [2.45, 2.75) is 0 Å². The number of fused-ring (bicyclic) bond motifs is 26. The molecule has 0 saturated heterocycles. The first-order chi connectivity index (χ1) is 49.6. The first-order valence-corrected chi connectivity index (χ1v) is 33.9. The number of benzene rings is 15. The van der Waals surface area contributed by atoms with Crippen LogP contribution < -0.4 is 0 Å². The van der Waals surface area contributed by atoms with E-state index in [-0.39, 0.29) is 0 Å². The summed E-state index contributed by atoms with van der Waals surface area (Å²) < 4.78 is 9.57. The van der Waals surface area contributed by atoms with Crippen LogP contribution in [0, 0.1) is 11.3 Å². The zero-order chi connectivity index (χ0) is 65.2. The molecule has 0 aliphatic rings. The largest absolute Gasteiger partial charge is 0.308 e. The van der Waals surface area contributed by atoms with Crippen LogP contribution in [0.4, 0.5) is 0 Å². The number of hydrogen-bond acceptors (Lipinski definition) is 5. The quantitative estimate of drug-likeness (QED) is 0.165. The van der Waals surface area contributed by atoms with Crippen molar-refractivity contribution in [1.82, 2.24) is 37.9 Å². The Kier molecular flexibility index (Phi) is 10.5. The van der Waals surface area contributed by atoms with Crippen LogP contribution in [-0.2, 0) is 0 Å². The molecule has 0 aliphatic carbocycles. The molecule has 9 heteroatoms. The lowest BCUT2D eigenvalue weighted by Gasteiger charge is -2.14. The molecule has 8 aromatic heterocycles. The number of hydrogen-bond donors (Lipinski definition) is 0. The van der Waals surface area contributed by atoms with Crippen molar-refractivity contribution in [3.05, 3.63) is 303 Å². The van der Waals surface area contributed by atoms with Crippen LogP contribution in [0.15, 0.2) is 297 Å². The van der Waals surface area contributed by atoms with Crippen molar-refractivity contribution in [2.75, 3.05) is 0 Å². The van der Waals surface area contributed by atoms with Gasteiger partial charge in [-0.05, 0) is 129 Å². The molecule has 0 atom stereocenters. The molecule has 23 rings (SSSR count). The maximum atomic E-state index is 9.76. The van der Waals surface area contributed by atoms with E-state index in [1.807, 2.05) is 36.4 Å². The molecular weight excluding hydrogens is 1220 g/mol. The van der Waals surface area contributed by atoms with Gasteiger partial charge in [-0.1, -0.05) is 212 Å². The minimum atomic E-state index is 0.580. The Morgan fingerprint density at radius 2 is 0.670 bits per heavy atom. The third-order valence-electron chi connectivity index (χ3n) is 21.6. The fraction of sp³-hybridized carbons (Fsp3) is 0. The SMILES string of the molecule is N#Cc1ccc(-c2nc(-n3c4ccccc4c4c5c6c7ccc(-c8ccc9nc(-n%10c%11ccccc%11c%11c%12c%13c%14ccccc%14ccc%13n%13c%14ccccc%14c(cc%11%10)c%12%13)nc(-c%10ccc(-c%11ccccc%11)cc%10)c9c8)cc7ccc6n6c7ccccc7c(cc43)c56)nc3ccccc23)cc1. The molecule has 458 valence electrons. The molecule has 23 aromatic rings. The maximum Gasteiger partial charge on any atom is 0.235 e. The van der Waals surface area contributed by atoms with Gasteiger partial charge >= 0.3 is 0 Å². The first kappa shape index (κ1) is 53.4. The Morgan fingerprint density at radius 3 is 1.28 bits per heavy atom. The summed E-state index contributed by atoms with van der Waals surface area (Å²) in [6.45, 7) is 0. The van der Waals surface area contributed by atoms with Gasteiger partial charge < -0.3 is 8.80 Å². The van der Waals surface area contributed by atoms with Gasteiger partial charge in [0.1, 0.15) is 0 Å². The Hall–Kier alpha value is -13.8. The fourth-order valence-corrected chi connectivity index (χ4v) is 17.4. The summed E-state index contributed by atoms with van der Waals surface area (Å²) in [6.07, 6.45) is 0. The van der Waals surface area contributed by atoms with Crippen LogP contribution in [0.3, 0.4) is 0 Å². The van der Waals surface area contributed by atoms with Crippen LogP contribution in [0.1, 0.15) is 5.56 Å². The van der Waals surface area contributed by atoms with Gasteiger partial charge in [0.05, 0.1) is 89.2 Å². The van der Waals surface area contributed by atoms with Crippen LogP contribution in [0.2, 0.25) is 0 Å². The first-order valence-electron chi connectivity index (χ1n) is 33.9. The van der Waals surface area contributed by atoms with Gasteiger partial charge in [-0.3, -0.25) is 9.13 Å². The van der Waals surface area contributed by atoms with E-state index in [1.165, 1.54) is 86.7 Å². The van der Waals surface area contributed by atoms with Crippen molar-refractivity contribution >= 4 is 163 Å². The van der Waals surface area contributed by atoms with Gasteiger partial charge in [-0.15, -0.1) is 0 Å². The van der Waals surface area contributed by atoms with E-state index in [0.29, 0.717) is 17.5 Å². The molecule has 8 heterocycles. The van der Waals surface area contributed by atoms with Crippen LogP contribution in [0.5, 0.6) is 0 Å². The monoisotopic (exact) mass is 1270 g/mol. The number of rotatable bonds is 6. The van der Waals surface area contributed by atoms with Crippen LogP contribution >= 0.6 is 0 Å². The molecule has 100 heavy (non-hydrogen) atoms. The number of nitriles is 1. The average Bonchev–Trinajstić information content (AvgIpc) is 1.52. The molecule has 0 radical (unpaired) electrons.